The van der Waals surface area contributed by atoms with Crippen LogP contribution in [0.3, 0.4) is 0 Å². The fourth-order valence-electron chi connectivity index (χ4n) is 6.17. The third-order valence-electron chi connectivity index (χ3n) is 8.51. The van der Waals surface area contributed by atoms with Gasteiger partial charge in [-0.1, -0.05) is 40.5 Å². The Morgan fingerprint density at radius 3 is 1.60 bits per heavy atom. The number of aliphatic carboxylic acids is 2. The van der Waals surface area contributed by atoms with Crippen LogP contribution in [-0.2, 0) is 52.1 Å². The average molecular weight is 686 g/mol. The number of rotatable bonds is 8. The molecule has 8 bridgehead atoms. The summed E-state index contributed by atoms with van der Waals surface area (Å²) in [7, 11) is 0. The summed E-state index contributed by atoms with van der Waals surface area (Å²) in [6.45, 7) is 12.1. The summed E-state index contributed by atoms with van der Waals surface area (Å²) in [5.74, 6) is -1.78. The fourth-order valence-corrected chi connectivity index (χ4v) is 6.86. The number of aryl methyl sites for hydroxylation is 4. The predicted molar refractivity (Wildman–Crippen MR) is 183 cm³/mol. The van der Waals surface area contributed by atoms with Crippen molar-refractivity contribution >= 4 is 81.6 Å². The van der Waals surface area contributed by atoms with E-state index in [0.29, 0.717) is 34.9 Å². The molecule has 3 aromatic rings. The Hall–Kier alpha value is -3.24. The molecule has 0 saturated carbocycles. The molecular weight excluding hydrogens is 648 g/mol. The van der Waals surface area contributed by atoms with Gasteiger partial charge in [-0.3, -0.25) is 9.59 Å². The smallest absolute Gasteiger partial charge is 0.657 e. The molecule has 0 amide bonds. The van der Waals surface area contributed by atoms with Crippen molar-refractivity contribution in [3.63, 3.8) is 0 Å². The van der Waals surface area contributed by atoms with Crippen LogP contribution in [0.5, 0.6) is 0 Å². The summed E-state index contributed by atoms with van der Waals surface area (Å²) < 4.78 is 0. The standard InChI is InChI=1S/C34H38N4O4S2.Fe/c1-15-21(7-9-31(39)40)27-14-28-22(8-10-32(41)42)16(2)24(36-28)12-29-34(20(6)44)18(4)26(38-29)13-30-33(19(5)43)17(3)25(37-30)11-23(15)35-27;/h11-14,19-20H,7-10H2,1-6H3,(H6,35,36,37,38,39,40,41,42,43,44);/q;+2/p-1/t19-,20+;/m1./s1. The third-order valence-corrected chi connectivity index (χ3v) is 9.05. The van der Waals surface area contributed by atoms with Crippen LogP contribution in [0.1, 0.15) is 85.6 Å². The Morgan fingerprint density at radius 2 is 1.16 bits per heavy atom. The van der Waals surface area contributed by atoms with E-state index >= 15 is 0 Å². The fraction of sp³-hybridized carbons (Fsp3) is 0.353. The van der Waals surface area contributed by atoms with Crippen LogP contribution < -0.4 is 9.97 Å². The zero-order valence-corrected chi connectivity index (χ0v) is 29.1. The molecule has 2 N–H and O–H groups in total. The second-order valence-electron chi connectivity index (χ2n) is 11.6. The minimum absolute atomic E-state index is 0. The number of aromatic nitrogens is 4. The number of carboxylic acid groups (broad SMARTS) is 2. The maximum absolute atomic E-state index is 11.6. The molecule has 5 heterocycles. The van der Waals surface area contributed by atoms with Crippen molar-refractivity contribution in [2.75, 3.05) is 0 Å². The number of carbonyl (C=O) groups is 2. The predicted octanol–water partition coefficient (Wildman–Crippen LogP) is 5.80. The summed E-state index contributed by atoms with van der Waals surface area (Å²) >= 11 is 8.63. The van der Waals surface area contributed by atoms with E-state index in [-0.39, 0.29) is 40.4 Å². The normalized spacial score (nSPS) is 14.4. The molecule has 2 aliphatic heterocycles. The number of nitrogens with zero attached hydrogens (tertiary/aromatic N) is 4. The number of hydrogen-bond acceptors (Lipinski definition) is 5. The number of thiol groups is 1. The van der Waals surface area contributed by atoms with Crippen molar-refractivity contribution in [3.8, 4) is 0 Å². The van der Waals surface area contributed by atoms with Crippen molar-refractivity contribution in [1.82, 2.24) is 19.9 Å². The molecule has 236 valence electrons. The Balaban J connectivity index is 0.00000461. The van der Waals surface area contributed by atoms with Crippen molar-refractivity contribution in [2.24, 2.45) is 0 Å². The van der Waals surface area contributed by atoms with E-state index in [1.165, 1.54) is 0 Å². The zero-order valence-electron chi connectivity index (χ0n) is 26.1. The van der Waals surface area contributed by atoms with Gasteiger partial charge in [0, 0.05) is 23.7 Å². The molecular formula is C34H37FeN4O4S2+. The first-order valence-corrected chi connectivity index (χ1v) is 15.7. The van der Waals surface area contributed by atoms with E-state index in [2.05, 4.69) is 19.6 Å². The van der Waals surface area contributed by atoms with Gasteiger partial charge < -0.3 is 20.2 Å². The molecule has 5 rings (SSSR count). The second kappa shape index (κ2) is 13.6. The van der Waals surface area contributed by atoms with Crippen LogP contribution in [0.15, 0.2) is 24.3 Å². The van der Waals surface area contributed by atoms with E-state index < -0.39 is 11.9 Å². The van der Waals surface area contributed by atoms with Gasteiger partial charge in [-0.05, 0) is 89.8 Å². The Morgan fingerprint density at radius 1 is 0.733 bits per heavy atom. The van der Waals surface area contributed by atoms with Gasteiger partial charge in [0.25, 0.3) is 0 Å². The molecule has 3 aromatic heterocycles. The van der Waals surface area contributed by atoms with E-state index in [1.807, 2.05) is 58.9 Å². The van der Waals surface area contributed by atoms with Crippen molar-refractivity contribution in [3.05, 3.63) is 69.3 Å². The number of allylic oxidation sites excluding steroid dienone is 2. The molecule has 0 unspecified atom stereocenters. The summed E-state index contributed by atoms with van der Waals surface area (Å²) in [4.78, 5) is 43.2. The first kappa shape index (κ1) is 34.6. The van der Waals surface area contributed by atoms with Crippen LogP contribution in [-0.4, -0.2) is 42.6 Å². The first-order chi connectivity index (χ1) is 20.8. The minimum Gasteiger partial charge on any atom is -0.657 e. The summed E-state index contributed by atoms with van der Waals surface area (Å²) in [6, 6.07) is 7.79. The molecule has 2 aliphatic rings. The van der Waals surface area contributed by atoms with E-state index in [9.17, 15) is 19.8 Å². The average Bonchev–Trinajstić information content (AvgIpc) is 3.59. The van der Waals surface area contributed by atoms with Gasteiger partial charge in [0.15, 0.2) is 0 Å². The number of hydrogen-bond donors (Lipinski definition) is 3. The van der Waals surface area contributed by atoms with Crippen LogP contribution in [0.2, 0.25) is 0 Å². The molecule has 45 heavy (non-hydrogen) atoms. The summed E-state index contributed by atoms with van der Waals surface area (Å²) in [6.07, 6.45) is 0.508. The number of fused-ring (bicyclic) bond motifs is 8. The summed E-state index contributed by atoms with van der Waals surface area (Å²) in [5, 5.41) is 18.9. The Bertz CT molecular complexity index is 1940. The largest absolute Gasteiger partial charge is 2.00 e. The molecule has 2 atom stereocenters. The van der Waals surface area contributed by atoms with Gasteiger partial charge in [0.1, 0.15) is 5.25 Å². The molecule has 11 heteroatoms. The Labute approximate surface area is 284 Å². The van der Waals surface area contributed by atoms with Gasteiger partial charge >= 0.3 is 29.0 Å². The van der Waals surface area contributed by atoms with E-state index in [4.69, 9.17) is 32.6 Å². The molecule has 0 aromatic carbocycles. The SMILES string of the molecule is CC1=C([C@H](C)S)c2cc3[n-]c(cc4[n-]c(cc5nc(cc1n2)C([C@@H](C)[SH2+])=C5C)c(C)c4CCC(=O)O)c(CCC(=O)O)c3C.[Fe+2]. The zero-order chi connectivity index (χ0) is 32.0. The molecule has 0 saturated heterocycles. The quantitative estimate of drug-likeness (QED) is 0.154. The molecule has 0 fully saturated rings. The van der Waals surface area contributed by atoms with E-state index in [1.54, 1.807) is 0 Å². The van der Waals surface area contributed by atoms with Gasteiger partial charge in [-0.2, -0.15) is 12.6 Å². The molecule has 0 spiro atoms. The van der Waals surface area contributed by atoms with Crippen LogP contribution >= 0.6 is 12.6 Å². The van der Waals surface area contributed by atoms with Crippen molar-refractivity contribution in [1.29, 1.82) is 0 Å². The second-order valence-corrected chi connectivity index (χ2v) is 13.2. The monoisotopic (exact) mass is 685 g/mol. The number of carboxylic acids is 2. The van der Waals surface area contributed by atoms with Crippen molar-refractivity contribution < 1.29 is 36.9 Å². The minimum atomic E-state index is -0.893. The van der Waals surface area contributed by atoms with Crippen LogP contribution in [0.25, 0.3) is 44.4 Å². The topological polar surface area (TPSA) is 129 Å². The van der Waals surface area contributed by atoms with E-state index in [0.717, 1.165) is 67.3 Å². The van der Waals surface area contributed by atoms with Crippen LogP contribution in [0, 0.1) is 13.8 Å². The van der Waals surface area contributed by atoms with Gasteiger partial charge in [-0.25, -0.2) is 9.97 Å². The maximum atomic E-state index is 11.6. The first-order valence-electron chi connectivity index (χ1n) is 14.6. The van der Waals surface area contributed by atoms with Gasteiger partial charge in [0.2, 0.25) is 0 Å². The summed E-state index contributed by atoms with van der Waals surface area (Å²) in [5.41, 5.74) is 13.3. The Kier molecular flexibility index (Phi) is 10.5. The molecule has 0 aliphatic carbocycles. The van der Waals surface area contributed by atoms with Gasteiger partial charge in [-0.15, -0.1) is 22.1 Å². The van der Waals surface area contributed by atoms with Crippen LogP contribution in [0.4, 0.5) is 0 Å². The molecule has 8 nitrogen and oxygen atoms in total. The third kappa shape index (κ3) is 6.82. The maximum Gasteiger partial charge on any atom is 2.00 e. The molecule has 0 radical (unpaired) electrons. The van der Waals surface area contributed by atoms with Crippen molar-refractivity contribution in [2.45, 2.75) is 77.7 Å². The van der Waals surface area contributed by atoms with Gasteiger partial charge in [0.05, 0.1) is 22.8 Å².